The zero-order valence-electron chi connectivity index (χ0n) is 14.7. The lowest BCUT2D eigenvalue weighted by molar-refractivity contribution is -0.120. The van der Waals surface area contributed by atoms with Crippen LogP contribution in [0.25, 0.3) is 0 Å². The first-order chi connectivity index (χ1) is 11.3. The van der Waals surface area contributed by atoms with Gasteiger partial charge in [0.1, 0.15) is 5.75 Å². The molecule has 0 saturated heterocycles. The van der Waals surface area contributed by atoms with Crippen molar-refractivity contribution in [1.29, 1.82) is 0 Å². The van der Waals surface area contributed by atoms with E-state index in [9.17, 15) is 9.59 Å². The predicted octanol–water partition coefficient (Wildman–Crippen LogP) is 2.65. The van der Waals surface area contributed by atoms with Crippen molar-refractivity contribution in [2.45, 2.75) is 26.8 Å². The van der Waals surface area contributed by atoms with Gasteiger partial charge in [-0.3, -0.25) is 15.0 Å². The Bertz CT molecular complexity index is 564. The summed E-state index contributed by atoms with van der Waals surface area (Å²) in [7, 11) is 3.37. The maximum Gasteiger partial charge on any atom is 0.321 e. The Balaban J connectivity index is 2.44. The van der Waals surface area contributed by atoms with Crippen LogP contribution in [-0.4, -0.2) is 44.1 Å². The van der Waals surface area contributed by atoms with E-state index in [1.54, 1.807) is 37.3 Å². The van der Waals surface area contributed by atoms with E-state index >= 15 is 0 Å². The van der Waals surface area contributed by atoms with Gasteiger partial charge in [0.2, 0.25) is 5.91 Å². The molecule has 1 rings (SSSR count). The smallest absolute Gasteiger partial charge is 0.321 e. The molecule has 0 aliphatic rings. The molecule has 0 bridgehead atoms. The molecule has 0 radical (unpaired) electrons. The lowest BCUT2D eigenvalue weighted by Gasteiger charge is -2.18. The van der Waals surface area contributed by atoms with Crippen LogP contribution in [-0.2, 0) is 11.3 Å². The van der Waals surface area contributed by atoms with Gasteiger partial charge in [0.15, 0.2) is 0 Å². The molecule has 134 valence electrons. The third-order valence-corrected chi connectivity index (χ3v) is 3.59. The van der Waals surface area contributed by atoms with Crippen LogP contribution in [0.4, 0.5) is 4.79 Å². The van der Waals surface area contributed by atoms with Gasteiger partial charge in [-0.2, -0.15) is 0 Å². The molecule has 0 atom stereocenters. The van der Waals surface area contributed by atoms with E-state index in [0.29, 0.717) is 29.8 Å². The van der Waals surface area contributed by atoms with Crippen molar-refractivity contribution in [2.24, 2.45) is 5.92 Å². The van der Waals surface area contributed by atoms with Gasteiger partial charge < -0.3 is 10.1 Å². The van der Waals surface area contributed by atoms with Gasteiger partial charge in [0.25, 0.3) is 0 Å². The second-order valence-corrected chi connectivity index (χ2v) is 6.55. The van der Waals surface area contributed by atoms with Crippen molar-refractivity contribution in [3.05, 3.63) is 28.8 Å². The van der Waals surface area contributed by atoms with Gasteiger partial charge in [-0.25, -0.2) is 4.79 Å². The number of nitrogens with one attached hydrogen (secondary N) is 2. The number of carbonyl (C=O) groups is 2. The van der Waals surface area contributed by atoms with Crippen LogP contribution in [0.3, 0.4) is 0 Å². The number of hydrogen-bond acceptors (Lipinski definition) is 4. The van der Waals surface area contributed by atoms with Crippen molar-refractivity contribution in [3.8, 4) is 5.75 Å². The maximum atomic E-state index is 11.9. The minimum atomic E-state index is -0.464. The molecule has 24 heavy (non-hydrogen) atoms. The Kier molecular flexibility index (Phi) is 8.57. The largest absolute Gasteiger partial charge is 0.496 e. The molecular formula is C17H26ClN3O3. The van der Waals surface area contributed by atoms with Gasteiger partial charge in [0, 0.05) is 23.7 Å². The van der Waals surface area contributed by atoms with E-state index in [4.69, 9.17) is 16.3 Å². The molecule has 1 aromatic rings. The number of amides is 3. The summed E-state index contributed by atoms with van der Waals surface area (Å²) in [6.07, 6.45) is 0.871. The zero-order valence-corrected chi connectivity index (χ0v) is 15.4. The molecule has 1 aromatic carbocycles. The van der Waals surface area contributed by atoms with Crippen molar-refractivity contribution in [2.75, 3.05) is 27.2 Å². The van der Waals surface area contributed by atoms with Crippen LogP contribution in [0.2, 0.25) is 5.02 Å². The van der Waals surface area contributed by atoms with Crippen molar-refractivity contribution < 1.29 is 14.3 Å². The van der Waals surface area contributed by atoms with E-state index in [0.717, 1.165) is 12.0 Å². The van der Waals surface area contributed by atoms with Crippen LogP contribution in [0.5, 0.6) is 5.75 Å². The Morgan fingerprint density at radius 3 is 2.67 bits per heavy atom. The van der Waals surface area contributed by atoms with E-state index in [1.165, 1.54) is 0 Å². The average Bonchev–Trinajstić information content (AvgIpc) is 2.46. The minimum absolute atomic E-state index is 0.0905. The maximum absolute atomic E-state index is 11.9. The second kappa shape index (κ2) is 10.2. The summed E-state index contributed by atoms with van der Waals surface area (Å²) >= 11 is 6.00. The first kappa shape index (κ1) is 20.3. The number of nitrogens with zero attached hydrogens (tertiary/aromatic N) is 1. The molecule has 6 nitrogen and oxygen atoms in total. The highest BCUT2D eigenvalue weighted by Gasteiger charge is 2.13. The number of imide groups is 1. The summed E-state index contributed by atoms with van der Waals surface area (Å²) in [5, 5.41) is 5.59. The monoisotopic (exact) mass is 355 g/mol. The van der Waals surface area contributed by atoms with Crippen LogP contribution in [0, 0.1) is 5.92 Å². The highest BCUT2D eigenvalue weighted by atomic mass is 35.5. The summed E-state index contributed by atoms with van der Waals surface area (Å²) in [6.45, 7) is 5.26. The predicted molar refractivity (Wildman–Crippen MR) is 95.3 cm³/mol. The molecule has 0 aromatic heterocycles. The number of likely N-dealkylation sites (N-methyl/N-ethyl adjacent to an activating group) is 1. The van der Waals surface area contributed by atoms with E-state index in [-0.39, 0.29) is 12.5 Å². The van der Waals surface area contributed by atoms with Gasteiger partial charge in [0.05, 0.1) is 13.7 Å². The first-order valence-corrected chi connectivity index (χ1v) is 8.28. The van der Waals surface area contributed by atoms with Crippen LogP contribution in [0.1, 0.15) is 25.8 Å². The van der Waals surface area contributed by atoms with Crippen molar-refractivity contribution in [3.63, 3.8) is 0 Å². The number of benzene rings is 1. The Morgan fingerprint density at radius 2 is 2.04 bits per heavy atom. The molecule has 7 heteroatoms. The number of urea groups is 1. The fourth-order valence-electron chi connectivity index (χ4n) is 2.15. The van der Waals surface area contributed by atoms with Crippen molar-refractivity contribution >= 4 is 23.5 Å². The van der Waals surface area contributed by atoms with Crippen LogP contribution < -0.4 is 15.4 Å². The van der Waals surface area contributed by atoms with Gasteiger partial charge in [-0.05, 0) is 37.6 Å². The standard InChI is InChI=1S/C17H26ClN3O3/c1-12(2)7-8-19-17(23)20-16(22)11-21(3)10-13-9-14(18)5-6-15(13)24-4/h5-6,9,12H,7-8,10-11H2,1-4H3,(H2,19,20,22,23). The van der Waals surface area contributed by atoms with Gasteiger partial charge >= 0.3 is 6.03 Å². The topological polar surface area (TPSA) is 70.7 Å². The third kappa shape index (κ3) is 7.66. The Labute approximate surface area is 148 Å². The van der Waals surface area contributed by atoms with E-state index < -0.39 is 6.03 Å². The van der Waals surface area contributed by atoms with Crippen molar-refractivity contribution in [1.82, 2.24) is 15.5 Å². The molecule has 0 unspecified atom stereocenters. The number of rotatable bonds is 8. The quantitative estimate of drug-likeness (QED) is 0.752. The summed E-state index contributed by atoms with van der Waals surface area (Å²) in [5.41, 5.74) is 0.877. The molecule has 0 fully saturated rings. The molecule has 0 spiro atoms. The van der Waals surface area contributed by atoms with Gasteiger partial charge in [-0.1, -0.05) is 25.4 Å². The number of halogens is 1. The zero-order chi connectivity index (χ0) is 18.1. The number of methoxy groups -OCH3 is 1. The molecule has 0 aliphatic heterocycles. The number of hydrogen-bond donors (Lipinski definition) is 2. The summed E-state index contributed by atoms with van der Waals surface area (Å²) < 4.78 is 5.28. The molecule has 0 heterocycles. The molecule has 3 amide bonds. The Hall–Kier alpha value is -1.79. The molecule has 0 saturated carbocycles. The minimum Gasteiger partial charge on any atom is -0.496 e. The normalized spacial score (nSPS) is 10.8. The lowest BCUT2D eigenvalue weighted by Crippen LogP contribution is -2.44. The fourth-order valence-corrected chi connectivity index (χ4v) is 2.34. The van der Waals surface area contributed by atoms with E-state index in [1.807, 2.05) is 0 Å². The summed E-state index contributed by atoms with van der Waals surface area (Å²) in [4.78, 5) is 25.3. The summed E-state index contributed by atoms with van der Waals surface area (Å²) in [6, 6.07) is 4.87. The molecular weight excluding hydrogens is 330 g/mol. The Morgan fingerprint density at radius 1 is 1.33 bits per heavy atom. The fraction of sp³-hybridized carbons (Fsp3) is 0.529. The summed E-state index contributed by atoms with van der Waals surface area (Å²) in [5.74, 6) is 0.846. The highest BCUT2D eigenvalue weighted by Crippen LogP contribution is 2.23. The third-order valence-electron chi connectivity index (χ3n) is 3.36. The average molecular weight is 356 g/mol. The molecule has 2 N–H and O–H groups in total. The van der Waals surface area contributed by atoms with Gasteiger partial charge in [-0.15, -0.1) is 0 Å². The van der Waals surface area contributed by atoms with Crippen LogP contribution >= 0.6 is 11.6 Å². The first-order valence-electron chi connectivity index (χ1n) is 7.90. The van der Waals surface area contributed by atoms with Crippen LogP contribution in [0.15, 0.2) is 18.2 Å². The number of carbonyl (C=O) groups excluding carboxylic acids is 2. The van der Waals surface area contributed by atoms with E-state index in [2.05, 4.69) is 24.5 Å². The second-order valence-electron chi connectivity index (χ2n) is 6.12. The molecule has 0 aliphatic carbocycles. The highest BCUT2D eigenvalue weighted by molar-refractivity contribution is 6.30. The number of ether oxygens (including phenoxy) is 1. The SMILES string of the molecule is COc1ccc(Cl)cc1CN(C)CC(=O)NC(=O)NCCC(C)C. The lowest BCUT2D eigenvalue weighted by atomic mass is 10.1.